The van der Waals surface area contributed by atoms with Crippen LogP contribution in [-0.4, -0.2) is 17.6 Å². The molecule has 0 spiro atoms. The van der Waals surface area contributed by atoms with Crippen molar-refractivity contribution in [1.82, 2.24) is 4.98 Å². The van der Waals surface area contributed by atoms with Gasteiger partial charge in [0.05, 0.1) is 17.7 Å². The minimum Gasteiger partial charge on any atom is -0.461 e. The topological polar surface area (TPSA) is 52.3 Å². The summed E-state index contributed by atoms with van der Waals surface area (Å²) in [4.78, 5) is 16.4. The van der Waals surface area contributed by atoms with Gasteiger partial charge in [-0.05, 0) is 18.6 Å². The molecular weight excluding hydrogens is 302 g/mol. The van der Waals surface area contributed by atoms with E-state index in [2.05, 4.69) is 4.98 Å². The molecule has 122 valence electrons. The summed E-state index contributed by atoms with van der Waals surface area (Å²) in [6.45, 7) is 2.27. The van der Waals surface area contributed by atoms with E-state index in [0.717, 1.165) is 17.7 Å². The molecule has 4 nitrogen and oxygen atoms in total. The molecule has 1 heterocycles. The molecule has 0 amide bonds. The molecule has 0 saturated heterocycles. The molecule has 1 aromatic heterocycles. The number of hydrogen-bond acceptors (Lipinski definition) is 4. The molecule has 1 unspecified atom stereocenters. The highest BCUT2D eigenvalue weighted by atomic mass is 16.5. The Morgan fingerprint density at radius 1 is 1.08 bits per heavy atom. The number of nitrogens with zero attached hydrogens (tertiary/aromatic N) is 1. The standard InChI is InChI=1S/C20H19NO3/c1-2-15(14-23-20(22)17-11-7-4-8-12-17)19-21-13-18(24-19)16-9-5-3-6-10-16/h3-13,15H,2,14H2,1H3. The monoisotopic (exact) mass is 321 g/mol. The maximum atomic E-state index is 12.0. The summed E-state index contributed by atoms with van der Waals surface area (Å²) in [5.41, 5.74) is 1.53. The average molecular weight is 321 g/mol. The Bertz CT molecular complexity index is 781. The van der Waals surface area contributed by atoms with Crippen LogP contribution in [0.15, 0.2) is 71.3 Å². The van der Waals surface area contributed by atoms with E-state index < -0.39 is 0 Å². The van der Waals surface area contributed by atoms with Gasteiger partial charge >= 0.3 is 5.97 Å². The van der Waals surface area contributed by atoms with Gasteiger partial charge in [-0.25, -0.2) is 9.78 Å². The van der Waals surface area contributed by atoms with Crippen molar-refractivity contribution in [2.45, 2.75) is 19.3 Å². The van der Waals surface area contributed by atoms with Crippen LogP contribution in [0, 0.1) is 0 Å². The van der Waals surface area contributed by atoms with Crippen LogP contribution in [-0.2, 0) is 4.74 Å². The van der Waals surface area contributed by atoms with Gasteiger partial charge < -0.3 is 9.15 Å². The van der Waals surface area contributed by atoms with Crippen LogP contribution < -0.4 is 0 Å². The largest absolute Gasteiger partial charge is 0.461 e. The van der Waals surface area contributed by atoms with Crippen molar-refractivity contribution < 1.29 is 13.9 Å². The molecule has 0 saturated carbocycles. The van der Waals surface area contributed by atoms with Crippen molar-refractivity contribution in [2.75, 3.05) is 6.61 Å². The Morgan fingerprint density at radius 2 is 1.75 bits per heavy atom. The Balaban J connectivity index is 1.66. The van der Waals surface area contributed by atoms with Crippen LogP contribution in [0.5, 0.6) is 0 Å². The number of carbonyl (C=O) groups excluding carboxylic acids is 1. The number of ether oxygens (including phenoxy) is 1. The summed E-state index contributed by atoms with van der Waals surface area (Å²) in [5, 5.41) is 0. The molecule has 4 heteroatoms. The van der Waals surface area contributed by atoms with E-state index in [1.165, 1.54) is 0 Å². The first-order chi connectivity index (χ1) is 11.8. The van der Waals surface area contributed by atoms with Gasteiger partial charge in [-0.3, -0.25) is 0 Å². The minimum atomic E-state index is -0.330. The van der Waals surface area contributed by atoms with Crippen LogP contribution in [0.1, 0.15) is 35.5 Å². The SMILES string of the molecule is CCC(COC(=O)c1ccccc1)c1ncc(-c2ccccc2)o1. The maximum absolute atomic E-state index is 12.0. The summed E-state index contributed by atoms with van der Waals surface area (Å²) in [5.74, 6) is 0.926. The fourth-order valence-electron chi connectivity index (χ4n) is 2.41. The third-order valence-electron chi connectivity index (χ3n) is 3.85. The zero-order chi connectivity index (χ0) is 16.8. The summed E-state index contributed by atoms with van der Waals surface area (Å²) >= 11 is 0. The second-order valence-corrected chi connectivity index (χ2v) is 5.50. The molecule has 1 atom stereocenters. The predicted molar refractivity (Wildman–Crippen MR) is 91.7 cm³/mol. The lowest BCUT2D eigenvalue weighted by molar-refractivity contribution is 0.0467. The van der Waals surface area contributed by atoms with E-state index in [9.17, 15) is 4.79 Å². The van der Waals surface area contributed by atoms with Crippen molar-refractivity contribution in [3.63, 3.8) is 0 Å². The zero-order valence-electron chi connectivity index (χ0n) is 13.5. The number of carbonyl (C=O) groups is 1. The van der Waals surface area contributed by atoms with E-state index in [1.807, 2.05) is 55.5 Å². The highest BCUT2D eigenvalue weighted by molar-refractivity contribution is 5.89. The Kier molecular flexibility index (Phi) is 5.06. The molecule has 3 rings (SSSR count). The molecule has 0 fully saturated rings. The molecule has 0 radical (unpaired) electrons. The van der Waals surface area contributed by atoms with Gasteiger partial charge in [0, 0.05) is 5.56 Å². The van der Waals surface area contributed by atoms with E-state index in [1.54, 1.807) is 18.3 Å². The Morgan fingerprint density at radius 3 is 2.42 bits per heavy atom. The maximum Gasteiger partial charge on any atom is 0.338 e. The lowest BCUT2D eigenvalue weighted by Gasteiger charge is -2.11. The molecular formula is C20H19NO3. The molecule has 0 aliphatic carbocycles. The highest BCUT2D eigenvalue weighted by Gasteiger charge is 2.19. The minimum absolute atomic E-state index is 0.0601. The lowest BCUT2D eigenvalue weighted by atomic mass is 10.1. The van der Waals surface area contributed by atoms with Crippen molar-refractivity contribution in [3.8, 4) is 11.3 Å². The fraction of sp³-hybridized carbons (Fsp3) is 0.200. The third kappa shape index (κ3) is 3.71. The molecule has 0 aliphatic heterocycles. The number of hydrogen-bond donors (Lipinski definition) is 0. The van der Waals surface area contributed by atoms with Crippen molar-refractivity contribution >= 4 is 5.97 Å². The van der Waals surface area contributed by atoms with Crippen LogP contribution in [0.25, 0.3) is 11.3 Å². The predicted octanol–water partition coefficient (Wildman–Crippen LogP) is 4.69. The van der Waals surface area contributed by atoms with Gasteiger partial charge in [0.25, 0.3) is 0 Å². The van der Waals surface area contributed by atoms with Crippen LogP contribution in [0.4, 0.5) is 0 Å². The number of oxazole rings is 1. The van der Waals surface area contributed by atoms with E-state index in [-0.39, 0.29) is 18.5 Å². The van der Waals surface area contributed by atoms with Gasteiger partial charge in [0.1, 0.15) is 6.61 Å². The van der Waals surface area contributed by atoms with Crippen molar-refractivity contribution in [2.24, 2.45) is 0 Å². The van der Waals surface area contributed by atoms with Crippen LogP contribution >= 0.6 is 0 Å². The summed E-state index contributed by atoms with van der Waals surface area (Å²) in [6.07, 6.45) is 2.49. The number of benzene rings is 2. The van der Waals surface area contributed by atoms with Crippen molar-refractivity contribution in [3.05, 3.63) is 78.3 Å². The van der Waals surface area contributed by atoms with Gasteiger partial charge in [-0.1, -0.05) is 55.5 Å². The second kappa shape index (κ2) is 7.59. The first-order valence-corrected chi connectivity index (χ1v) is 8.01. The van der Waals surface area contributed by atoms with Crippen LogP contribution in [0.3, 0.4) is 0 Å². The second-order valence-electron chi connectivity index (χ2n) is 5.50. The number of esters is 1. The molecule has 0 bridgehead atoms. The van der Waals surface area contributed by atoms with Crippen molar-refractivity contribution in [1.29, 1.82) is 0 Å². The molecule has 24 heavy (non-hydrogen) atoms. The van der Waals surface area contributed by atoms with Gasteiger partial charge in [-0.2, -0.15) is 0 Å². The summed E-state index contributed by atoms with van der Waals surface area (Å²) < 4.78 is 11.3. The molecule has 0 N–H and O–H groups in total. The van der Waals surface area contributed by atoms with E-state index in [4.69, 9.17) is 9.15 Å². The quantitative estimate of drug-likeness (QED) is 0.618. The highest BCUT2D eigenvalue weighted by Crippen LogP contribution is 2.26. The molecule has 3 aromatic rings. The Hall–Kier alpha value is -2.88. The average Bonchev–Trinajstić information content (AvgIpc) is 3.13. The summed E-state index contributed by atoms with van der Waals surface area (Å²) in [6, 6.07) is 18.8. The van der Waals surface area contributed by atoms with Gasteiger partial charge in [0.2, 0.25) is 5.89 Å². The smallest absolute Gasteiger partial charge is 0.338 e. The van der Waals surface area contributed by atoms with Gasteiger partial charge in [0.15, 0.2) is 5.76 Å². The van der Waals surface area contributed by atoms with Gasteiger partial charge in [-0.15, -0.1) is 0 Å². The lowest BCUT2D eigenvalue weighted by Crippen LogP contribution is -2.13. The molecule has 0 aliphatic rings. The number of aromatic nitrogens is 1. The Labute approximate surface area is 141 Å². The fourth-order valence-corrected chi connectivity index (χ4v) is 2.41. The first-order valence-electron chi connectivity index (χ1n) is 8.01. The zero-order valence-corrected chi connectivity index (χ0v) is 13.5. The van der Waals surface area contributed by atoms with E-state index >= 15 is 0 Å². The summed E-state index contributed by atoms with van der Waals surface area (Å²) in [7, 11) is 0. The molecule has 2 aromatic carbocycles. The first kappa shape index (κ1) is 16.0. The number of rotatable bonds is 6. The third-order valence-corrected chi connectivity index (χ3v) is 3.85. The normalized spacial score (nSPS) is 11.9. The van der Waals surface area contributed by atoms with E-state index in [0.29, 0.717) is 11.5 Å². The van der Waals surface area contributed by atoms with Crippen LogP contribution in [0.2, 0.25) is 0 Å².